The molecule has 70 valence electrons. The molecule has 2 bridgehead atoms. The van der Waals surface area contributed by atoms with Gasteiger partial charge in [-0.2, -0.15) is 0 Å². The van der Waals surface area contributed by atoms with Gasteiger partial charge in [0.1, 0.15) is 0 Å². The first-order valence-corrected chi connectivity index (χ1v) is 15.4. The molecule has 0 aromatic rings. The summed E-state index contributed by atoms with van der Waals surface area (Å²) in [5.41, 5.74) is 0. The summed E-state index contributed by atoms with van der Waals surface area (Å²) in [6.45, 7) is 0. The number of fused-ring (bicyclic) bond motifs is 3. The van der Waals surface area contributed by atoms with Gasteiger partial charge in [0.2, 0.25) is 0 Å². The third-order valence-corrected chi connectivity index (χ3v) is 15.7. The molecule has 3 saturated carbocycles. The third kappa shape index (κ3) is 1.34. The van der Waals surface area contributed by atoms with Crippen molar-refractivity contribution in [2.24, 2.45) is 5.89 Å². The van der Waals surface area contributed by atoms with Crippen LogP contribution in [0.2, 0.25) is 18.2 Å². The Balaban J connectivity index is 2.20. The molecule has 0 saturated heterocycles. The molecule has 1 heteroatoms. The van der Waals surface area contributed by atoms with Crippen molar-refractivity contribution in [1.82, 2.24) is 0 Å². The minimum atomic E-state index is -1.72. The molecule has 0 aliphatic heterocycles. The van der Waals surface area contributed by atoms with Crippen molar-refractivity contribution in [1.29, 1.82) is 0 Å². The van der Waals surface area contributed by atoms with Gasteiger partial charge in [0.05, 0.1) is 0 Å². The van der Waals surface area contributed by atoms with Gasteiger partial charge in [-0.3, -0.25) is 0 Å². The molecule has 0 amide bonds. The molecule has 0 aromatic heterocycles. The molecular weight excluding hydrogens is 251 g/mol. The van der Waals surface area contributed by atoms with Crippen LogP contribution in [0.15, 0.2) is 0 Å². The SMILES string of the molecule is [2H]C12CC[C]([Sn]([CH3])([CH3])[CH3])(CC1)CC2. The molecule has 0 N–H and O–H groups in total. The van der Waals surface area contributed by atoms with Crippen molar-refractivity contribution in [3.63, 3.8) is 0 Å². The minimum absolute atomic E-state index is 0.0128. The van der Waals surface area contributed by atoms with E-state index < -0.39 is 18.4 Å². The maximum absolute atomic E-state index is 8.22. The Labute approximate surface area is 82.4 Å². The van der Waals surface area contributed by atoms with Crippen molar-refractivity contribution < 1.29 is 1.37 Å². The van der Waals surface area contributed by atoms with Gasteiger partial charge < -0.3 is 0 Å². The Morgan fingerprint density at radius 1 is 1.08 bits per heavy atom. The van der Waals surface area contributed by atoms with Gasteiger partial charge in [0, 0.05) is 0 Å². The Hall–Kier alpha value is 0.799. The molecule has 0 aromatic carbocycles. The van der Waals surface area contributed by atoms with Crippen molar-refractivity contribution in [2.45, 2.75) is 56.8 Å². The first-order valence-electron chi connectivity index (χ1n) is 5.87. The third-order valence-electron chi connectivity index (χ3n) is 4.46. The topological polar surface area (TPSA) is 0 Å². The first-order chi connectivity index (χ1) is 5.87. The quantitative estimate of drug-likeness (QED) is 0.633. The second-order valence-corrected chi connectivity index (χ2v) is 21.7. The fraction of sp³-hybridized carbons (Fsp3) is 1.00. The molecule has 3 aliphatic carbocycles. The van der Waals surface area contributed by atoms with Crippen LogP contribution in [-0.2, 0) is 0 Å². The molecule has 3 aliphatic rings. The van der Waals surface area contributed by atoms with Gasteiger partial charge in [0.15, 0.2) is 0 Å². The van der Waals surface area contributed by atoms with Crippen molar-refractivity contribution in [3.8, 4) is 0 Å². The van der Waals surface area contributed by atoms with Crippen LogP contribution in [0.4, 0.5) is 0 Å². The predicted molar refractivity (Wildman–Crippen MR) is 57.2 cm³/mol. The van der Waals surface area contributed by atoms with Crippen LogP contribution in [0.1, 0.15) is 39.9 Å². The van der Waals surface area contributed by atoms with Crippen LogP contribution in [0, 0.1) is 5.89 Å². The number of hydrogen-bond acceptors (Lipinski definition) is 0. The van der Waals surface area contributed by atoms with Gasteiger partial charge in [-0.1, -0.05) is 0 Å². The predicted octanol–water partition coefficient (Wildman–Crippen LogP) is 4.05. The molecule has 0 heterocycles. The van der Waals surface area contributed by atoms with E-state index in [1.807, 2.05) is 0 Å². The summed E-state index contributed by atoms with van der Waals surface area (Å²) in [7, 11) is 0. The molecule has 0 atom stereocenters. The summed E-state index contributed by atoms with van der Waals surface area (Å²) in [4.78, 5) is 7.78. The van der Waals surface area contributed by atoms with Gasteiger partial charge in [0.25, 0.3) is 0 Å². The second kappa shape index (κ2) is 2.90. The van der Waals surface area contributed by atoms with Crippen LogP contribution < -0.4 is 0 Å². The molecule has 12 heavy (non-hydrogen) atoms. The fourth-order valence-corrected chi connectivity index (χ4v) is 10.6. The molecule has 0 radical (unpaired) electrons. The molecule has 0 nitrogen and oxygen atoms in total. The summed E-state index contributed by atoms with van der Waals surface area (Å²) in [6, 6.07) is 0. The number of rotatable bonds is 1. The zero-order chi connectivity index (χ0) is 9.74. The molecular formula is C11H22Sn. The average molecular weight is 274 g/mol. The van der Waals surface area contributed by atoms with E-state index in [9.17, 15) is 0 Å². The average Bonchev–Trinajstić information content (AvgIpc) is 2.04. The van der Waals surface area contributed by atoms with E-state index in [1.54, 1.807) is 0 Å². The summed E-state index contributed by atoms with van der Waals surface area (Å²) in [6.07, 6.45) is 7.83. The molecule has 3 rings (SSSR count). The zero-order valence-electron chi connectivity index (χ0n) is 9.74. The summed E-state index contributed by atoms with van der Waals surface area (Å²) in [5, 5.41) is 0. The van der Waals surface area contributed by atoms with Crippen LogP contribution in [0.25, 0.3) is 0 Å². The van der Waals surface area contributed by atoms with Crippen LogP contribution >= 0.6 is 0 Å². The Kier molecular flexibility index (Phi) is 1.96. The summed E-state index contributed by atoms with van der Waals surface area (Å²) < 4.78 is 9.01. The van der Waals surface area contributed by atoms with Crippen molar-refractivity contribution in [2.75, 3.05) is 0 Å². The molecule has 3 fully saturated rings. The van der Waals surface area contributed by atoms with Gasteiger partial charge in [-0.05, 0) is 0 Å². The van der Waals surface area contributed by atoms with E-state index in [4.69, 9.17) is 1.37 Å². The van der Waals surface area contributed by atoms with Crippen LogP contribution in [0.5, 0.6) is 0 Å². The normalized spacial score (nSPS) is 49.1. The zero-order valence-corrected chi connectivity index (χ0v) is 11.6. The summed E-state index contributed by atoms with van der Waals surface area (Å²) in [5.74, 6) is 0.0128. The van der Waals surface area contributed by atoms with E-state index in [-0.39, 0.29) is 5.89 Å². The first kappa shape index (κ1) is 8.14. The van der Waals surface area contributed by atoms with Gasteiger partial charge in [-0.25, -0.2) is 0 Å². The number of hydrogen-bond donors (Lipinski definition) is 0. The standard InChI is InChI=1S/C8H13.3CH3.Sn/c1-2-8-5-3-7(1)4-6-8;;;;/h7H,1-6H2;3*1H3;/i7D;;;;. The van der Waals surface area contributed by atoms with Crippen molar-refractivity contribution in [3.05, 3.63) is 0 Å². The fourth-order valence-electron chi connectivity index (χ4n) is 3.12. The van der Waals surface area contributed by atoms with Crippen molar-refractivity contribution >= 4 is 18.4 Å². The van der Waals surface area contributed by atoms with Gasteiger partial charge >= 0.3 is 82.4 Å². The Morgan fingerprint density at radius 2 is 1.50 bits per heavy atom. The summed E-state index contributed by atoms with van der Waals surface area (Å²) >= 11 is -1.72. The molecule has 0 unspecified atom stereocenters. The molecule has 0 spiro atoms. The maximum atomic E-state index is 8.22. The second-order valence-electron chi connectivity index (χ2n) is 5.78. The van der Waals surface area contributed by atoms with E-state index in [2.05, 4.69) is 14.8 Å². The van der Waals surface area contributed by atoms with E-state index in [1.165, 1.54) is 38.5 Å². The Morgan fingerprint density at radius 3 is 1.83 bits per heavy atom. The van der Waals surface area contributed by atoms with E-state index in [0.717, 1.165) is 3.43 Å². The van der Waals surface area contributed by atoms with E-state index in [0.29, 0.717) is 0 Å². The van der Waals surface area contributed by atoms with E-state index >= 15 is 0 Å². The van der Waals surface area contributed by atoms with Crippen LogP contribution in [-0.4, -0.2) is 18.4 Å². The van der Waals surface area contributed by atoms with Crippen LogP contribution in [0.3, 0.4) is 0 Å². The monoisotopic (exact) mass is 275 g/mol. The van der Waals surface area contributed by atoms with Gasteiger partial charge in [-0.15, -0.1) is 0 Å². The Bertz CT molecular complexity index is 192.